The fraction of sp³-hybridized carbons (Fsp3) is 0.346. The van der Waals surface area contributed by atoms with Crippen LogP contribution in [0.5, 0.6) is 11.5 Å². The van der Waals surface area contributed by atoms with E-state index in [4.69, 9.17) is 4.74 Å². The van der Waals surface area contributed by atoms with Gasteiger partial charge in [0.15, 0.2) is 0 Å². The van der Waals surface area contributed by atoms with Crippen LogP contribution >= 0.6 is 22.7 Å². The molecule has 0 aliphatic carbocycles. The molecule has 1 fully saturated rings. The molecule has 4 rings (SSSR count). The topological polar surface area (TPSA) is 112 Å². The molecule has 3 heterocycles. The molecule has 0 radical (unpaired) electrons. The number of nitrogens with zero attached hydrogens (tertiary/aromatic N) is 2. The maximum absolute atomic E-state index is 12.6. The van der Waals surface area contributed by atoms with Gasteiger partial charge in [-0.3, -0.25) is 14.5 Å². The molecule has 1 aliphatic heterocycles. The first-order chi connectivity index (χ1) is 19.1. The predicted molar refractivity (Wildman–Crippen MR) is 146 cm³/mol. The number of thiophene rings is 2. The first-order valence-corrected chi connectivity index (χ1v) is 14.0. The Labute approximate surface area is 236 Å². The van der Waals surface area contributed by atoms with E-state index in [1.807, 2.05) is 0 Å². The second kappa shape index (κ2) is 13.3. The number of benzene rings is 1. The standard InChI is InChI=1S/C26H27F3N4O5S2/c1-16(19-15-39-23(22(19)34)17-3-5-18(6-4-17)38-26(27,28)29)31-32-25(36)21-8-7-20(40-21)24(35)30-9-2-10-33-11-13-37-14-12-33/h3-8,15,34H,2,9-14H2,1H3,(H,30,35)(H,32,36)/b31-16+. The monoisotopic (exact) mass is 596 g/mol. The van der Waals surface area contributed by atoms with Crippen LogP contribution in [-0.2, 0) is 4.74 Å². The lowest BCUT2D eigenvalue weighted by atomic mass is 10.1. The molecule has 40 heavy (non-hydrogen) atoms. The van der Waals surface area contributed by atoms with Gasteiger partial charge in [0.25, 0.3) is 11.8 Å². The van der Waals surface area contributed by atoms with Crippen molar-refractivity contribution < 1.29 is 37.3 Å². The number of hydrogen-bond donors (Lipinski definition) is 3. The smallest absolute Gasteiger partial charge is 0.506 e. The van der Waals surface area contributed by atoms with Crippen molar-refractivity contribution in [2.24, 2.45) is 5.10 Å². The summed E-state index contributed by atoms with van der Waals surface area (Å²) in [5.74, 6) is -1.25. The molecule has 1 aliphatic rings. The highest BCUT2D eigenvalue weighted by Gasteiger charge is 2.31. The third kappa shape index (κ3) is 8.03. The Morgan fingerprint density at radius 1 is 1.10 bits per heavy atom. The van der Waals surface area contributed by atoms with Crippen LogP contribution in [-0.4, -0.2) is 73.3 Å². The van der Waals surface area contributed by atoms with Crippen molar-refractivity contribution in [3.63, 3.8) is 0 Å². The molecule has 9 nitrogen and oxygen atoms in total. The van der Waals surface area contributed by atoms with Crippen LogP contribution in [0.25, 0.3) is 10.4 Å². The quantitative estimate of drug-likeness (QED) is 0.178. The second-order valence-electron chi connectivity index (χ2n) is 8.76. The van der Waals surface area contributed by atoms with E-state index in [9.17, 15) is 27.9 Å². The molecule has 3 aromatic rings. The van der Waals surface area contributed by atoms with E-state index < -0.39 is 12.3 Å². The highest BCUT2D eigenvalue weighted by Crippen LogP contribution is 2.39. The molecule has 0 unspecified atom stereocenters. The van der Waals surface area contributed by atoms with Crippen LogP contribution in [0.3, 0.4) is 0 Å². The Balaban J connectivity index is 1.29. The van der Waals surface area contributed by atoms with Gasteiger partial charge in [-0.15, -0.1) is 35.8 Å². The fourth-order valence-corrected chi connectivity index (χ4v) is 5.69. The number of aromatic hydroxyl groups is 1. The molecule has 3 N–H and O–H groups in total. The van der Waals surface area contributed by atoms with E-state index in [1.54, 1.807) is 24.4 Å². The first-order valence-electron chi connectivity index (χ1n) is 12.3. The maximum atomic E-state index is 12.6. The summed E-state index contributed by atoms with van der Waals surface area (Å²) in [6, 6.07) is 8.24. The largest absolute Gasteiger partial charge is 0.573 e. The minimum absolute atomic E-state index is 0.117. The van der Waals surface area contributed by atoms with Crippen molar-refractivity contribution in [3.8, 4) is 21.9 Å². The lowest BCUT2D eigenvalue weighted by molar-refractivity contribution is -0.274. The Morgan fingerprint density at radius 2 is 1.77 bits per heavy atom. The number of alkyl halides is 3. The van der Waals surface area contributed by atoms with Gasteiger partial charge >= 0.3 is 6.36 Å². The molecule has 14 heteroatoms. The minimum Gasteiger partial charge on any atom is -0.506 e. The molecule has 0 bridgehead atoms. The average Bonchev–Trinajstić information content (AvgIpc) is 3.57. The van der Waals surface area contributed by atoms with Crippen LogP contribution in [0, 0.1) is 0 Å². The number of ether oxygens (including phenoxy) is 2. The number of hydrogen-bond acceptors (Lipinski definition) is 9. The van der Waals surface area contributed by atoms with Gasteiger partial charge in [-0.2, -0.15) is 5.10 Å². The summed E-state index contributed by atoms with van der Waals surface area (Å²) in [7, 11) is 0. The number of amides is 2. The highest BCUT2D eigenvalue weighted by molar-refractivity contribution is 7.16. The average molecular weight is 597 g/mol. The van der Waals surface area contributed by atoms with Crippen molar-refractivity contribution in [1.82, 2.24) is 15.6 Å². The van der Waals surface area contributed by atoms with Gasteiger partial charge in [-0.25, -0.2) is 5.43 Å². The number of halogens is 3. The van der Waals surface area contributed by atoms with E-state index in [2.05, 4.69) is 25.5 Å². The molecule has 1 aromatic carbocycles. The van der Waals surface area contributed by atoms with Gasteiger partial charge in [0, 0.05) is 25.0 Å². The van der Waals surface area contributed by atoms with Crippen molar-refractivity contribution in [3.05, 3.63) is 57.1 Å². The summed E-state index contributed by atoms with van der Waals surface area (Å²) in [6.07, 6.45) is -3.98. The summed E-state index contributed by atoms with van der Waals surface area (Å²) in [5, 5.41) is 19.2. The van der Waals surface area contributed by atoms with Crippen LogP contribution in [0.1, 0.15) is 38.3 Å². The summed E-state index contributed by atoms with van der Waals surface area (Å²) in [4.78, 5) is 28.4. The third-order valence-corrected chi connectivity index (χ3v) is 8.02. The molecule has 0 atom stereocenters. The molecular formula is C26H27F3N4O5S2. The van der Waals surface area contributed by atoms with Crippen molar-refractivity contribution in [2.45, 2.75) is 19.7 Å². The van der Waals surface area contributed by atoms with E-state index in [0.717, 1.165) is 62.7 Å². The van der Waals surface area contributed by atoms with Gasteiger partial charge in [0.1, 0.15) is 11.5 Å². The van der Waals surface area contributed by atoms with Gasteiger partial charge in [-0.05, 0) is 61.9 Å². The Kier molecular flexibility index (Phi) is 9.79. The SMILES string of the molecule is C/C(=N\NC(=O)c1ccc(C(=O)NCCCN2CCOCC2)s1)c1csc(-c2ccc(OC(F)(F)F)cc2)c1O. The van der Waals surface area contributed by atoms with Gasteiger partial charge < -0.3 is 19.9 Å². The van der Waals surface area contributed by atoms with Crippen LogP contribution < -0.4 is 15.5 Å². The van der Waals surface area contributed by atoms with Gasteiger partial charge in [0.2, 0.25) is 0 Å². The lowest BCUT2D eigenvalue weighted by Crippen LogP contribution is -2.38. The summed E-state index contributed by atoms with van der Waals surface area (Å²) in [5.41, 5.74) is 3.60. The molecule has 1 saturated heterocycles. The van der Waals surface area contributed by atoms with E-state index >= 15 is 0 Å². The van der Waals surface area contributed by atoms with E-state index in [-0.39, 0.29) is 17.4 Å². The number of carbonyl (C=O) groups excluding carboxylic acids is 2. The number of nitrogens with one attached hydrogen (secondary N) is 2. The first kappa shape index (κ1) is 29.5. The van der Waals surface area contributed by atoms with Crippen molar-refractivity contribution in [1.29, 1.82) is 0 Å². The van der Waals surface area contributed by atoms with E-state index in [0.29, 0.717) is 38.0 Å². The molecule has 2 amide bonds. The predicted octanol–water partition coefficient (Wildman–Crippen LogP) is 4.69. The Hall–Kier alpha value is -3.46. The fourth-order valence-electron chi connectivity index (χ4n) is 3.87. The summed E-state index contributed by atoms with van der Waals surface area (Å²) >= 11 is 2.22. The maximum Gasteiger partial charge on any atom is 0.573 e. The van der Waals surface area contributed by atoms with Crippen molar-refractivity contribution >= 4 is 40.2 Å². The normalized spacial score (nSPS) is 14.7. The van der Waals surface area contributed by atoms with Crippen LogP contribution in [0.15, 0.2) is 46.9 Å². The third-order valence-electron chi connectivity index (χ3n) is 5.92. The second-order valence-corrected chi connectivity index (χ2v) is 10.7. The van der Waals surface area contributed by atoms with Crippen LogP contribution in [0.2, 0.25) is 0 Å². The summed E-state index contributed by atoms with van der Waals surface area (Å²) < 4.78 is 46.3. The number of rotatable bonds is 10. The van der Waals surface area contributed by atoms with Gasteiger partial charge in [0.05, 0.1) is 39.1 Å². The number of hydrazone groups is 1. The van der Waals surface area contributed by atoms with Crippen molar-refractivity contribution in [2.75, 3.05) is 39.4 Å². The van der Waals surface area contributed by atoms with Gasteiger partial charge in [-0.1, -0.05) is 0 Å². The number of morpholine rings is 1. The minimum atomic E-state index is -4.79. The zero-order chi connectivity index (χ0) is 28.7. The van der Waals surface area contributed by atoms with E-state index in [1.165, 1.54) is 23.5 Å². The van der Waals surface area contributed by atoms with Crippen LogP contribution in [0.4, 0.5) is 13.2 Å². The lowest BCUT2D eigenvalue weighted by Gasteiger charge is -2.26. The Morgan fingerprint density at radius 3 is 2.45 bits per heavy atom. The molecule has 2 aromatic heterocycles. The zero-order valence-electron chi connectivity index (χ0n) is 21.4. The highest BCUT2D eigenvalue weighted by atomic mass is 32.1. The molecule has 0 saturated carbocycles. The Bertz CT molecular complexity index is 1350. The summed E-state index contributed by atoms with van der Waals surface area (Å²) in [6.45, 7) is 6.24. The molecular weight excluding hydrogens is 569 g/mol. The molecule has 214 valence electrons. The molecule has 0 spiro atoms. The zero-order valence-corrected chi connectivity index (χ0v) is 23.0. The number of carbonyl (C=O) groups is 2.